The van der Waals surface area contributed by atoms with Crippen molar-refractivity contribution in [2.24, 2.45) is 0 Å². The van der Waals surface area contributed by atoms with Gasteiger partial charge < -0.3 is 0 Å². The minimum atomic E-state index is -0.173. The minimum absolute atomic E-state index is 0.173. The lowest BCUT2D eigenvalue weighted by Crippen LogP contribution is -2.08. The molecule has 1 amide bonds. The Bertz CT molecular complexity index is 116. The molecule has 0 unspecified atom stereocenters. The van der Waals surface area contributed by atoms with Crippen LogP contribution in [-0.2, 0) is 4.79 Å². The van der Waals surface area contributed by atoms with E-state index in [2.05, 4.69) is 17.5 Å². The van der Waals surface area contributed by atoms with Crippen LogP contribution in [0.15, 0.2) is 11.6 Å². The second kappa shape index (κ2) is 3.55. The van der Waals surface area contributed by atoms with Crippen molar-refractivity contribution in [3.8, 4) is 0 Å². The van der Waals surface area contributed by atoms with Gasteiger partial charge in [-0.1, -0.05) is 18.4 Å². The molecule has 0 aromatic rings. The van der Waals surface area contributed by atoms with Gasteiger partial charge in [-0.15, -0.1) is 0 Å². The van der Waals surface area contributed by atoms with Crippen LogP contribution in [0.3, 0.4) is 0 Å². The number of hydrogen-bond donors (Lipinski definition) is 2. The molecular weight excluding hydrogens is 122 g/mol. The van der Waals surface area contributed by atoms with Gasteiger partial charge in [-0.05, 0) is 13.8 Å². The standard InChI is InChI=1S/C5H9NOS/c1-4(2)3-5(7)6-8/h3,8H,1-2H3,(H,6,7). The summed E-state index contributed by atoms with van der Waals surface area (Å²) in [6.45, 7) is 3.70. The quantitative estimate of drug-likeness (QED) is 0.402. The van der Waals surface area contributed by atoms with Crippen LogP contribution in [0.4, 0.5) is 0 Å². The highest BCUT2D eigenvalue weighted by Crippen LogP contribution is 1.86. The maximum atomic E-state index is 10.4. The highest BCUT2D eigenvalue weighted by atomic mass is 32.1. The lowest BCUT2D eigenvalue weighted by atomic mass is 10.3. The van der Waals surface area contributed by atoms with Gasteiger partial charge in [0.2, 0.25) is 0 Å². The van der Waals surface area contributed by atoms with Crippen LogP contribution in [0.5, 0.6) is 0 Å². The molecular formula is C5H9NOS. The predicted molar refractivity (Wildman–Crippen MR) is 36.6 cm³/mol. The lowest BCUT2D eigenvalue weighted by Gasteiger charge is -1.88. The molecule has 8 heavy (non-hydrogen) atoms. The summed E-state index contributed by atoms with van der Waals surface area (Å²) in [5.41, 5.74) is 0.969. The number of allylic oxidation sites excluding steroid dienone is 1. The number of carbonyl (C=O) groups excluding carboxylic acids is 1. The molecule has 0 aromatic carbocycles. The SMILES string of the molecule is CC(C)=CC(=O)NS. The molecule has 3 heteroatoms. The van der Waals surface area contributed by atoms with Crippen molar-refractivity contribution in [1.29, 1.82) is 0 Å². The van der Waals surface area contributed by atoms with E-state index in [0.29, 0.717) is 0 Å². The highest BCUT2D eigenvalue weighted by Gasteiger charge is 1.87. The largest absolute Gasteiger partial charge is 0.299 e. The molecule has 0 fully saturated rings. The Morgan fingerprint density at radius 3 is 2.25 bits per heavy atom. The summed E-state index contributed by atoms with van der Waals surface area (Å²) >= 11 is 3.55. The molecule has 0 heterocycles. The number of carbonyl (C=O) groups is 1. The summed E-state index contributed by atoms with van der Waals surface area (Å²) in [7, 11) is 0. The Morgan fingerprint density at radius 2 is 2.12 bits per heavy atom. The molecule has 0 aromatic heterocycles. The van der Waals surface area contributed by atoms with Gasteiger partial charge in [0.15, 0.2) is 0 Å². The van der Waals surface area contributed by atoms with Crippen molar-refractivity contribution in [3.63, 3.8) is 0 Å². The zero-order valence-corrected chi connectivity index (χ0v) is 5.83. The molecule has 0 saturated heterocycles. The van der Waals surface area contributed by atoms with E-state index in [9.17, 15) is 4.79 Å². The first-order chi connectivity index (χ1) is 3.66. The van der Waals surface area contributed by atoms with E-state index >= 15 is 0 Å². The van der Waals surface area contributed by atoms with Gasteiger partial charge in [-0.25, -0.2) is 0 Å². The van der Waals surface area contributed by atoms with Crippen molar-refractivity contribution in [1.82, 2.24) is 4.72 Å². The van der Waals surface area contributed by atoms with Crippen LogP contribution in [0.2, 0.25) is 0 Å². The fourth-order valence-corrected chi connectivity index (χ4v) is 0.359. The maximum Gasteiger partial charge on any atom is 0.253 e. The van der Waals surface area contributed by atoms with Crippen LogP contribution in [-0.4, -0.2) is 5.91 Å². The van der Waals surface area contributed by atoms with Crippen molar-refractivity contribution in [2.45, 2.75) is 13.8 Å². The van der Waals surface area contributed by atoms with E-state index in [1.165, 1.54) is 6.08 Å². The minimum Gasteiger partial charge on any atom is -0.299 e. The van der Waals surface area contributed by atoms with E-state index in [0.717, 1.165) is 5.57 Å². The van der Waals surface area contributed by atoms with E-state index < -0.39 is 0 Å². The number of amides is 1. The van der Waals surface area contributed by atoms with E-state index in [4.69, 9.17) is 0 Å². The first-order valence-corrected chi connectivity index (χ1v) is 2.70. The van der Waals surface area contributed by atoms with Gasteiger partial charge >= 0.3 is 0 Å². The summed E-state index contributed by atoms with van der Waals surface area (Å²) in [5, 5.41) is 0. The lowest BCUT2D eigenvalue weighted by molar-refractivity contribution is -0.114. The predicted octanol–water partition coefficient (Wildman–Crippen LogP) is 0.914. The van der Waals surface area contributed by atoms with Crippen molar-refractivity contribution in [2.75, 3.05) is 0 Å². The van der Waals surface area contributed by atoms with Crippen molar-refractivity contribution in [3.05, 3.63) is 11.6 Å². The Kier molecular flexibility index (Phi) is 3.35. The average Bonchev–Trinajstić information content (AvgIpc) is 1.65. The maximum absolute atomic E-state index is 10.4. The van der Waals surface area contributed by atoms with Gasteiger partial charge in [0.1, 0.15) is 0 Å². The smallest absolute Gasteiger partial charge is 0.253 e. The van der Waals surface area contributed by atoms with Crippen molar-refractivity contribution < 1.29 is 4.79 Å². The summed E-state index contributed by atoms with van der Waals surface area (Å²) in [4.78, 5) is 10.4. The summed E-state index contributed by atoms with van der Waals surface area (Å²) in [6.07, 6.45) is 1.48. The molecule has 0 bridgehead atoms. The number of rotatable bonds is 1. The molecule has 0 aliphatic heterocycles. The van der Waals surface area contributed by atoms with Crippen LogP contribution in [0.1, 0.15) is 13.8 Å². The Morgan fingerprint density at radius 1 is 1.62 bits per heavy atom. The molecule has 0 aliphatic carbocycles. The van der Waals surface area contributed by atoms with Crippen LogP contribution < -0.4 is 4.72 Å². The molecule has 0 atom stereocenters. The Balaban J connectivity index is 3.70. The summed E-state index contributed by atoms with van der Waals surface area (Å²) in [6, 6.07) is 0. The van der Waals surface area contributed by atoms with Gasteiger partial charge in [-0.2, -0.15) is 0 Å². The molecule has 0 aliphatic rings. The Labute approximate surface area is 54.5 Å². The third-order valence-corrected chi connectivity index (χ3v) is 0.750. The third kappa shape index (κ3) is 3.74. The fraction of sp³-hybridized carbons (Fsp3) is 0.400. The fourth-order valence-electron chi connectivity index (χ4n) is 0.294. The molecule has 0 radical (unpaired) electrons. The first kappa shape index (κ1) is 7.56. The van der Waals surface area contributed by atoms with Gasteiger partial charge in [-0.3, -0.25) is 9.52 Å². The molecule has 46 valence electrons. The van der Waals surface area contributed by atoms with E-state index in [1.807, 2.05) is 13.8 Å². The average molecular weight is 131 g/mol. The van der Waals surface area contributed by atoms with E-state index in [-0.39, 0.29) is 5.91 Å². The molecule has 0 saturated carbocycles. The van der Waals surface area contributed by atoms with Crippen LogP contribution in [0, 0.1) is 0 Å². The van der Waals surface area contributed by atoms with E-state index in [1.54, 1.807) is 0 Å². The highest BCUT2D eigenvalue weighted by molar-refractivity contribution is 7.78. The van der Waals surface area contributed by atoms with Gasteiger partial charge in [0, 0.05) is 6.08 Å². The van der Waals surface area contributed by atoms with Gasteiger partial charge in [0.05, 0.1) is 0 Å². The van der Waals surface area contributed by atoms with Crippen LogP contribution in [0.25, 0.3) is 0 Å². The molecule has 2 nitrogen and oxygen atoms in total. The number of thiol groups is 1. The summed E-state index contributed by atoms with van der Waals surface area (Å²) in [5.74, 6) is -0.173. The molecule has 0 spiro atoms. The zero-order chi connectivity index (χ0) is 6.57. The zero-order valence-electron chi connectivity index (χ0n) is 4.93. The molecule has 0 rings (SSSR count). The summed E-state index contributed by atoms with van der Waals surface area (Å²) < 4.78 is 2.18. The first-order valence-electron chi connectivity index (χ1n) is 2.26. The topological polar surface area (TPSA) is 29.1 Å². The molecule has 1 N–H and O–H groups in total. The van der Waals surface area contributed by atoms with Crippen LogP contribution >= 0.6 is 12.8 Å². The van der Waals surface area contributed by atoms with Gasteiger partial charge in [0.25, 0.3) is 5.91 Å². The normalized spacial score (nSPS) is 7.88. The number of hydrogen-bond acceptors (Lipinski definition) is 2. The third-order valence-electron chi connectivity index (χ3n) is 0.530. The Hall–Kier alpha value is -0.440. The second-order valence-corrected chi connectivity index (χ2v) is 1.92. The monoisotopic (exact) mass is 131 g/mol. The number of nitrogens with one attached hydrogen (secondary N) is 1. The second-order valence-electron chi connectivity index (χ2n) is 1.70. The van der Waals surface area contributed by atoms with Crippen molar-refractivity contribution >= 4 is 18.7 Å².